The van der Waals surface area contributed by atoms with Crippen LogP contribution in [0.25, 0.3) is 0 Å². The molecule has 0 aromatic rings. The van der Waals surface area contributed by atoms with Gasteiger partial charge in [-0.05, 0) is 44.7 Å². The summed E-state index contributed by atoms with van der Waals surface area (Å²) in [5.74, 6) is 0. The molecule has 0 radical (unpaired) electrons. The van der Waals surface area contributed by atoms with Gasteiger partial charge >= 0.3 is 0 Å². The monoisotopic (exact) mass is 184 g/mol. The molecule has 0 aromatic carbocycles. The minimum atomic E-state index is 0.501. The third kappa shape index (κ3) is 2.44. The van der Waals surface area contributed by atoms with Crippen LogP contribution in [-0.4, -0.2) is 31.1 Å². The van der Waals surface area contributed by atoms with Gasteiger partial charge < -0.3 is 10.6 Å². The fourth-order valence-corrected chi connectivity index (χ4v) is 2.78. The van der Waals surface area contributed by atoms with Crippen molar-refractivity contribution in [2.75, 3.05) is 20.1 Å². The highest BCUT2D eigenvalue weighted by atomic mass is 15.1. The molecule has 78 valence electrons. The molecular formula is C11H24N2. The second-order valence-electron chi connectivity index (χ2n) is 4.49. The van der Waals surface area contributed by atoms with Crippen LogP contribution in [0, 0.1) is 5.41 Å². The first kappa shape index (κ1) is 11.0. The summed E-state index contributed by atoms with van der Waals surface area (Å²) >= 11 is 0. The molecule has 2 rings (SSSR count). The zero-order valence-electron chi connectivity index (χ0n) is 9.34. The van der Waals surface area contributed by atoms with Crippen molar-refractivity contribution in [1.82, 2.24) is 4.90 Å². The molecule has 2 fully saturated rings. The van der Waals surface area contributed by atoms with Crippen LogP contribution < -0.4 is 5.73 Å². The number of rotatable bonds is 0. The molecule has 1 saturated carbocycles. The standard InChI is InChI=1S/C9H18N2.C2H6/c1-11-5-4-9(7-11)3-2-8(10)6-9;1-2/h8H,2-7,10H2,1H3;1-2H3/t8-,9+;/m1./s1. The van der Waals surface area contributed by atoms with Gasteiger partial charge in [0.05, 0.1) is 0 Å². The smallest absolute Gasteiger partial charge is 0.00448 e. The highest BCUT2D eigenvalue weighted by Gasteiger charge is 2.41. The lowest BCUT2D eigenvalue weighted by molar-refractivity contribution is 0.286. The average molecular weight is 184 g/mol. The Kier molecular flexibility index (Phi) is 3.74. The predicted octanol–water partition coefficient (Wildman–Crippen LogP) is 1.85. The topological polar surface area (TPSA) is 29.3 Å². The van der Waals surface area contributed by atoms with Crippen molar-refractivity contribution in [3.05, 3.63) is 0 Å². The summed E-state index contributed by atoms with van der Waals surface area (Å²) in [6.07, 6.45) is 5.29. The van der Waals surface area contributed by atoms with Crippen LogP contribution in [0.2, 0.25) is 0 Å². The SMILES string of the molecule is CC.CN1CC[C@]2(CC[C@@H](N)C2)C1. The zero-order chi connectivity index (χ0) is 9.90. The molecule has 1 aliphatic heterocycles. The molecule has 2 atom stereocenters. The van der Waals surface area contributed by atoms with Crippen LogP contribution in [0.1, 0.15) is 39.5 Å². The fraction of sp³-hybridized carbons (Fsp3) is 1.00. The van der Waals surface area contributed by atoms with Crippen molar-refractivity contribution < 1.29 is 0 Å². The van der Waals surface area contributed by atoms with Gasteiger partial charge in [0.1, 0.15) is 0 Å². The molecule has 1 saturated heterocycles. The van der Waals surface area contributed by atoms with Crippen molar-refractivity contribution >= 4 is 0 Å². The highest BCUT2D eigenvalue weighted by Crippen LogP contribution is 2.44. The molecule has 1 aliphatic carbocycles. The maximum atomic E-state index is 5.92. The van der Waals surface area contributed by atoms with Gasteiger partial charge in [-0.15, -0.1) is 0 Å². The number of hydrogen-bond acceptors (Lipinski definition) is 2. The molecule has 13 heavy (non-hydrogen) atoms. The normalized spacial score (nSPS) is 39.2. The van der Waals surface area contributed by atoms with E-state index in [-0.39, 0.29) is 0 Å². The van der Waals surface area contributed by atoms with Crippen molar-refractivity contribution in [2.24, 2.45) is 11.1 Å². The molecule has 0 amide bonds. The van der Waals surface area contributed by atoms with Gasteiger partial charge in [0, 0.05) is 12.6 Å². The Morgan fingerprint density at radius 1 is 1.31 bits per heavy atom. The maximum absolute atomic E-state index is 5.92. The third-order valence-electron chi connectivity index (χ3n) is 3.37. The Hall–Kier alpha value is -0.0800. The van der Waals surface area contributed by atoms with Crippen LogP contribution in [0.3, 0.4) is 0 Å². The maximum Gasteiger partial charge on any atom is 0.00448 e. The third-order valence-corrected chi connectivity index (χ3v) is 3.37. The summed E-state index contributed by atoms with van der Waals surface area (Å²) in [5, 5.41) is 0. The first-order chi connectivity index (χ1) is 6.20. The summed E-state index contributed by atoms with van der Waals surface area (Å²) in [4.78, 5) is 2.44. The Bertz CT molecular complexity index is 138. The number of nitrogens with zero attached hydrogens (tertiary/aromatic N) is 1. The number of nitrogens with two attached hydrogens (primary N) is 1. The number of likely N-dealkylation sites (tertiary alicyclic amines) is 1. The molecule has 2 nitrogen and oxygen atoms in total. The Labute approximate surface area is 82.5 Å². The summed E-state index contributed by atoms with van der Waals surface area (Å²) < 4.78 is 0. The summed E-state index contributed by atoms with van der Waals surface area (Å²) in [6.45, 7) is 6.58. The summed E-state index contributed by atoms with van der Waals surface area (Å²) in [5.41, 5.74) is 6.55. The van der Waals surface area contributed by atoms with Gasteiger partial charge in [-0.2, -0.15) is 0 Å². The molecule has 0 unspecified atom stereocenters. The molecule has 2 heteroatoms. The lowest BCUT2D eigenvalue weighted by Gasteiger charge is -2.22. The molecule has 2 aliphatic rings. The first-order valence-electron chi connectivity index (χ1n) is 5.64. The zero-order valence-corrected chi connectivity index (χ0v) is 9.34. The van der Waals surface area contributed by atoms with E-state index in [0.29, 0.717) is 11.5 Å². The molecule has 0 aromatic heterocycles. The quantitative estimate of drug-likeness (QED) is 0.622. The van der Waals surface area contributed by atoms with Crippen LogP contribution in [0.4, 0.5) is 0 Å². The van der Waals surface area contributed by atoms with Gasteiger partial charge in [0.25, 0.3) is 0 Å². The van der Waals surface area contributed by atoms with Crippen molar-refractivity contribution in [1.29, 1.82) is 0 Å². The first-order valence-corrected chi connectivity index (χ1v) is 5.64. The Morgan fingerprint density at radius 2 is 2.00 bits per heavy atom. The largest absolute Gasteiger partial charge is 0.328 e. The molecule has 1 spiro atoms. The van der Waals surface area contributed by atoms with Gasteiger partial charge in [0.2, 0.25) is 0 Å². The van der Waals surface area contributed by atoms with Gasteiger partial charge in [-0.25, -0.2) is 0 Å². The Balaban J connectivity index is 0.000000396. The van der Waals surface area contributed by atoms with Crippen molar-refractivity contribution in [2.45, 2.75) is 45.6 Å². The van der Waals surface area contributed by atoms with Crippen LogP contribution in [0.5, 0.6) is 0 Å². The predicted molar refractivity (Wildman–Crippen MR) is 57.7 cm³/mol. The molecule has 0 bridgehead atoms. The molecular weight excluding hydrogens is 160 g/mol. The van der Waals surface area contributed by atoms with Crippen LogP contribution in [-0.2, 0) is 0 Å². The minimum Gasteiger partial charge on any atom is -0.328 e. The summed E-state index contributed by atoms with van der Waals surface area (Å²) in [6, 6.07) is 0.501. The second-order valence-corrected chi connectivity index (χ2v) is 4.49. The van der Waals surface area contributed by atoms with Gasteiger partial charge in [-0.1, -0.05) is 13.8 Å². The van der Waals surface area contributed by atoms with E-state index in [4.69, 9.17) is 5.73 Å². The van der Waals surface area contributed by atoms with Crippen LogP contribution in [0.15, 0.2) is 0 Å². The van der Waals surface area contributed by atoms with E-state index >= 15 is 0 Å². The Morgan fingerprint density at radius 3 is 2.38 bits per heavy atom. The number of hydrogen-bond donors (Lipinski definition) is 1. The van der Waals surface area contributed by atoms with E-state index in [1.165, 1.54) is 38.8 Å². The van der Waals surface area contributed by atoms with Crippen molar-refractivity contribution in [3.63, 3.8) is 0 Å². The van der Waals surface area contributed by atoms with Gasteiger partial charge in [-0.3, -0.25) is 0 Å². The van der Waals surface area contributed by atoms with Crippen LogP contribution >= 0.6 is 0 Å². The lowest BCUT2D eigenvalue weighted by atomic mass is 9.85. The molecule has 1 heterocycles. The summed E-state index contributed by atoms with van der Waals surface area (Å²) in [7, 11) is 2.22. The van der Waals surface area contributed by atoms with Gasteiger partial charge in [0.15, 0.2) is 0 Å². The highest BCUT2D eigenvalue weighted by molar-refractivity contribution is 4.96. The van der Waals surface area contributed by atoms with E-state index in [0.717, 1.165) is 0 Å². The molecule has 2 N–H and O–H groups in total. The van der Waals surface area contributed by atoms with E-state index in [1.54, 1.807) is 0 Å². The fourth-order valence-electron chi connectivity index (χ4n) is 2.78. The lowest BCUT2D eigenvalue weighted by Crippen LogP contribution is -2.24. The second kappa shape index (κ2) is 4.43. The van der Waals surface area contributed by atoms with E-state index in [1.807, 2.05) is 13.8 Å². The van der Waals surface area contributed by atoms with E-state index in [9.17, 15) is 0 Å². The minimum absolute atomic E-state index is 0.501. The van der Waals surface area contributed by atoms with E-state index in [2.05, 4.69) is 11.9 Å². The van der Waals surface area contributed by atoms with Crippen molar-refractivity contribution in [3.8, 4) is 0 Å². The average Bonchev–Trinajstić information content (AvgIpc) is 2.65. The van der Waals surface area contributed by atoms with E-state index < -0.39 is 0 Å².